The largest absolute Gasteiger partial charge is 0.312 e. The molecule has 1 saturated carbocycles. The molecule has 1 aliphatic rings. The molecule has 2 aromatic rings. The molecule has 1 heterocycles. The van der Waals surface area contributed by atoms with E-state index in [0.717, 1.165) is 28.7 Å². The van der Waals surface area contributed by atoms with Gasteiger partial charge in [-0.1, -0.05) is 13.0 Å². The van der Waals surface area contributed by atoms with Gasteiger partial charge in [0.1, 0.15) is 10.8 Å². The second-order valence-electron chi connectivity index (χ2n) is 5.22. The fourth-order valence-electron chi connectivity index (χ4n) is 2.22. The third kappa shape index (κ3) is 4.05. The average Bonchev–Trinajstić information content (AvgIpc) is 3.24. The zero-order chi connectivity index (χ0) is 14.7. The maximum atomic E-state index is 13.2. The van der Waals surface area contributed by atoms with Crippen LogP contribution in [0.25, 0.3) is 0 Å². The topological polar surface area (TPSA) is 24.9 Å². The number of hydrogen-bond donors (Lipinski definition) is 1. The Balaban J connectivity index is 1.67. The predicted octanol–water partition coefficient (Wildman–Crippen LogP) is 4.56. The van der Waals surface area contributed by atoms with Gasteiger partial charge in [0.15, 0.2) is 0 Å². The first-order chi connectivity index (χ1) is 10.3. The van der Waals surface area contributed by atoms with Crippen molar-refractivity contribution in [3.8, 4) is 0 Å². The quantitative estimate of drug-likeness (QED) is 0.756. The lowest BCUT2D eigenvalue weighted by molar-refractivity contribution is 0.624. The Morgan fingerprint density at radius 2 is 2.29 bits per heavy atom. The summed E-state index contributed by atoms with van der Waals surface area (Å²) >= 11 is 3.46. The van der Waals surface area contributed by atoms with E-state index in [4.69, 9.17) is 4.98 Å². The highest BCUT2D eigenvalue weighted by Gasteiger charge is 2.29. The van der Waals surface area contributed by atoms with Crippen molar-refractivity contribution < 1.29 is 4.39 Å². The van der Waals surface area contributed by atoms with Crippen molar-refractivity contribution in [2.45, 2.75) is 42.9 Å². The van der Waals surface area contributed by atoms with Gasteiger partial charge in [-0.15, -0.1) is 23.1 Å². The highest BCUT2D eigenvalue weighted by molar-refractivity contribution is 7.98. The lowest BCUT2D eigenvalue weighted by atomic mass is 10.2. The van der Waals surface area contributed by atoms with Gasteiger partial charge in [-0.3, -0.25) is 0 Å². The molecule has 0 aliphatic heterocycles. The van der Waals surface area contributed by atoms with Gasteiger partial charge in [0, 0.05) is 22.2 Å². The number of thioether (sulfide) groups is 1. The Bertz CT molecular complexity index is 608. The number of aromatic nitrogens is 1. The van der Waals surface area contributed by atoms with E-state index in [1.807, 2.05) is 6.07 Å². The van der Waals surface area contributed by atoms with Crippen LogP contribution in [0.5, 0.6) is 0 Å². The fourth-order valence-corrected chi connectivity index (χ4v) is 4.28. The maximum Gasteiger partial charge on any atom is 0.124 e. The Kier molecular flexibility index (Phi) is 4.93. The first-order valence-electron chi connectivity index (χ1n) is 7.34. The Labute approximate surface area is 133 Å². The molecule has 0 spiro atoms. The van der Waals surface area contributed by atoms with Gasteiger partial charge in [0.25, 0.3) is 0 Å². The maximum absolute atomic E-state index is 13.2. The number of thiazole rings is 1. The third-order valence-corrected chi connectivity index (χ3v) is 5.69. The highest BCUT2D eigenvalue weighted by atomic mass is 32.2. The zero-order valence-electron chi connectivity index (χ0n) is 12.1. The van der Waals surface area contributed by atoms with E-state index in [0.29, 0.717) is 5.92 Å². The van der Waals surface area contributed by atoms with E-state index in [-0.39, 0.29) is 5.82 Å². The number of nitrogens with one attached hydrogen (secondary N) is 1. The Morgan fingerprint density at radius 3 is 3.00 bits per heavy atom. The highest BCUT2D eigenvalue weighted by Crippen LogP contribution is 2.43. The van der Waals surface area contributed by atoms with Crippen molar-refractivity contribution in [3.63, 3.8) is 0 Å². The lowest BCUT2D eigenvalue weighted by Gasteiger charge is -2.00. The van der Waals surface area contributed by atoms with E-state index in [2.05, 4.69) is 12.2 Å². The third-order valence-electron chi connectivity index (χ3n) is 3.43. The van der Waals surface area contributed by atoms with Crippen LogP contribution in [0, 0.1) is 5.82 Å². The molecule has 1 N–H and O–H groups in total. The minimum atomic E-state index is -0.175. The Hall–Kier alpha value is -0.910. The number of halogens is 1. The van der Waals surface area contributed by atoms with Crippen LogP contribution in [0.2, 0.25) is 0 Å². The van der Waals surface area contributed by atoms with Crippen molar-refractivity contribution in [3.05, 3.63) is 45.7 Å². The van der Waals surface area contributed by atoms with Gasteiger partial charge in [0.05, 0.1) is 11.4 Å². The molecule has 21 heavy (non-hydrogen) atoms. The molecular weight excluding hydrogens is 303 g/mol. The molecule has 1 fully saturated rings. The zero-order valence-corrected chi connectivity index (χ0v) is 13.7. The molecule has 0 unspecified atom stereocenters. The van der Waals surface area contributed by atoms with Crippen molar-refractivity contribution in [1.29, 1.82) is 0 Å². The van der Waals surface area contributed by atoms with Crippen molar-refractivity contribution in [2.75, 3.05) is 6.54 Å². The molecule has 3 rings (SSSR count). The van der Waals surface area contributed by atoms with Crippen molar-refractivity contribution in [1.82, 2.24) is 10.3 Å². The second kappa shape index (κ2) is 6.90. The molecule has 0 radical (unpaired) electrons. The summed E-state index contributed by atoms with van der Waals surface area (Å²) in [6, 6.07) is 6.77. The number of nitrogens with zero attached hydrogens (tertiary/aromatic N) is 1. The summed E-state index contributed by atoms with van der Waals surface area (Å²) in [5, 5.41) is 4.55. The van der Waals surface area contributed by atoms with E-state index in [9.17, 15) is 4.39 Å². The molecule has 0 amide bonds. The molecule has 0 atom stereocenters. The predicted molar refractivity (Wildman–Crippen MR) is 87.4 cm³/mol. The van der Waals surface area contributed by atoms with E-state index < -0.39 is 0 Å². The molecule has 2 nitrogen and oxygen atoms in total. The molecule has 0 saturated heterocycles. The summed E-state index contributed by atoms with van der Waals surface area (Å²) in [7, 11) is 0. The molecule has 1 aromatic heterocycles. The van der Waals surface area contributed by atoms with Gasteiger partial charge in [-0.25, -0.2) is 9.37 Å². The summed E-state index contributed by atoms with van der Waals surface area (Å²) in [5.74, 6) is 1.33. The van der Waals surface area contributed by atoms with Gasteiger partial charge in [-0.2, -0.15) is 0 Å². The summed E-state index contributed by atoms with van der Waals surface area (Å²) in [6.45, 7) is 4.03. The van der Waals surface area contributed by atoms with Crippen LogP contribution in [0.3, 0.4) is 0 Å². The summed E-state index contributed by atoms with van der Waals surface area (Å²) in [5.41, 5.74) is 1.30. The first-order valence-corrected chi connectivity index (χ1v) is 9.14. The standard InChI is InChI=1S/C16H19FN2S2/c1-2-18-9-14-16(11-6-7-11)19-15(21-14)10-20-13-5-3-4-12(17)8-13/h3-5,8,11,18H,2,6-7,9-10H2,1H3. The summed E-state index contributed by atoms with van der Waals surface area (Å²) < 4.78 is 13.2. The van der Waals surface area contributed by atoms with Gasteiger partial charge >= 0.3 is 0 Å². The first kappa shape index (κ1) is 15.0. The van der Waals surface area contributed by atoms with Crippen LogP contribution in [-0.2, 0) is 12.3 Å². The monoisotopic (exact) mass is 322 g/mol. The van der Waals surface area contributed by atoms with Crippen LogP contribution in [0.1, 0.15) is 41.3 Å². The molecule has 112 valence electrons. The second-order valence-corrected chi connectivity index (χ2v) is 7.43. The molecule has 0 bridgehead atoms. The number of benzene rings is 1. The van der Waals surface area contributed by atoms with Gasteiger partial charge in [-0.05, 0) is 37.6 Å². The minimum Gasteiger partial charge on any atom is -0.312 e. The van der Waals surface area contributed by atoms with Crippen LogP contribution >= 0.6 is 23.1 Å². The van der Waals surface area contributed by atoms with E-state index in [1.54, 1.807) is 35.2 Å². The molecule has 5 heteroatoms. The van der Waals surface area contributed by atoms with Crippen LogP contribution < -0.4 is 5.32 Å². The lowest BCUT2D eigenvalue weighted by Crippen LogP contribution is -2.11. The van der Waals surface area contributed by atoms with Crippen LogP contribution in [-0.4, -0.2) is 11.5 Å². The number of hydrogen-bond acceptors (Lipinski definition) is 4. The van der Waals surface area contributed by atoms with Crippen LogP contribution in [0.15, 0.2) is 29.2 Å². The van der Waals surface area contributed by atoms with Crippen LogP contribution in [0.4, 0.5) is 4.39 Å². The average molecular weight is 322 g/mol. The SMILES string of the molecule is CCNCc1sc(CSc2cccc(F)c2)nc1C1CC1. The summed E-state index contributed by atoms with van der Waals surface area (Å²) in [6.07, 6.45) is 2.55. The van der Waals surface area contributed by atoms with Crippen molar-refractivity contribution >= 4 is 23.1 Å². The van der Waals surface area contributed by atoms with E-state index >= 15 is 0 Å². The smallest absolute Gasteiger partial charge is 0.124 e. The molecule has 1 aliphatic carbocycles. The summed E-state index contributed by atoms with van der Waals surface area (Å²) in [4.78, 5) is 7.17. The Morgan fingerprint density at radius 1 is 1.43 bits per heavy atom. The minimum absolute atomic E-state index is 0.175. The molecular formula is C16H19FN2S2. The van der Waals surface area contributed by atoms with Gasteiger partial charge in [0.2, 0.25) is 0 Å². The molecule has 1 aromatic carbocycles. The normalized spacial score (nSPS) is 14.6. The fraction of sp³-hybridized carbons (Fsp3) is 0.438. The van der Waals surface area contributed by atoms with E-state index in [1.165, 1.54) is 29.5 Å². The van der Waals surface area contributed by atoms with Gasteiger partial charge < -0.3 is 5.32 Å². The number of rotatable bonds is 7. The van der Waals surface area contributed by atoms with Crippen molar-refractivity contribution in [2.24, 2.45) is 0 Å².